The molecule has 33 heavy (non-hydrogen) atoms. The molecule has 3 heterocycles. The van der Waals surface area contributed by atoms with Crippen molar-refractivity contribution in [2.45, 2.75) is 45.3 Å². The van der Waals surface area contributed by atoms with Gasteiger partial charge in [0.2, 0.25) is 5.91 Å². The maximum absolute atomic E-state index is 12.5. The van der Waals surface area contributed by atoms with Crippen molar-refractivity contribution < 1.29 is 14.3 Å². The van der Waals surface area contributed by atoms with Gasteiger partial charge in [0, 0.05) is 39.0 Å². The number of nitrogens with zero attached hydrogens (tertiary/aromatic N) is 4. The van der Waals surface area contributed by atoms with E-state index in [1.807, 2.05) is 32.0 Å². The highest BCUT2D eigenvalue weighted by molar-refractivity contribution is 5.75. The second-order valence-electron chi connectivity index (χ2n) is 8.90. The maximum atomic E-state index is 12.5. The first-order chi connectivity index (χ1) is 15.7. The van der Waals surface area contributed by atoms with Crippen LogP contribution in [0.15, 0.2) is 34.1 Å². The molecule has 1 amide bonds. The Morgan fingerprint density at radius 1 is 1.24 bits per heavy atom. The van der Waals surface area contributed by atoms with Crippen LogP contribution in [0.25, 0.3) is 11.2 Å². The number of ether oxygens (including phenoxy) is 2. The zero-order valence-electron chi connectivity index (χ0n) is 19.4. The molecule has 176 valence electrons. The van der Waals surface area contributed by atoms with Crippen LogP contribution in [0.1, 0.15) is 32.3 Å². The van der Waals surface area contributed by atoms with Crippen LogP contribution in [0.4, 0.5) is 0 Å². The topological polar surface area (TPSA) is 109 Å². The van der Waals surface area contributed by atoms with Crippen molar-refractivity contribution in [3.05, 3.63) is 50.9 Å². The molecule has 0 aliphatic carbocycles. The van der Waals surface area contributed by atoms with Gasteiger partial charge in [-0.2, -0.15) is 0 Å². The predicted molar refractivity (Wildman–Crippen MR) is 123 cm³/mol. The fourth-order valence-electron chi connectivity index (χ4n) is 4.12. The van der Waals surface area contributed by atoms with Gasteiger partial charge in [0.1, 0.15) is 12.2 Å². The molecule has 10 heteroatoms. The van der Waals surface area contributed by atoms with Gasteiger partial charge in [-0.05, 0) is 26.3 Å². The third-order valence-electron chi connectivity index (χ3n) is 5.76. The van der Waals surface area contributed by atoms with Crippen molar-refractivity contribution in [1.82, 2.24) is 24.0 Å². The van der Waals surface area contributed by atoms with E-state index in [1.54, 1.807) is 11.6 Å². The van der Waals surface area contributed by atoms with E-state index in [1.165, 1.54) is 17.9 Å². The molecule has 0 atom stereocenters. The lowest BCUT2D eigenvalue weighted by Crippen LogP contribution is -2.37. The molecule has 0 spiro atoms. The zero-order chi connectivity index (χ0) is 23.8. The lowest BCUT2D eigenvalue weighted by Gasteiger charge is -2.18. The van der Waals surface area contributed by atoms with Crippen molar-refractivity contribution in [2.75, 3.05) is 13.2 Å². The van der Waals surface area contributed by atoms with Gasteiger partial charge in [0.05, 0.1) is 12.9 Å². The van der Waals surface area contributed by atoms with E-state index >= 15 is 0 Å². The van der Waals surface area contributed by atoms with Gasteiger partial charge in [0.25, 0.3) is 5.56 Å². The quantitative estimate of drug-likeness (QED) is 0.510. The average molecular weight is 456 g/mol. The number of imidazole rings is 1. The minimum absolute atomic E-state index is 0.0982. The molecule has 0 saturated carbocycles. The molecule has 3 aromatic rings. The number of carbonyl (C=O) groups excluding carboxylic acids is 1. The lowest BCUT2D eigenvalue weighted by molar-refractivity contribution is -0.121. The van der Waals surface area contributed by atoms with Crippen LogP contribution in [-0.2, 0) is 31.9 Å². The molecule has 2 aromatic heterocycles. The molecule has 1 aliphatic rings. The molecule has 10 nitrogen and oxygen atoms in total. The van der Waals surface area contributed by atoms with Crippen LogP contribution in [-0.4, -0.2) is 43.3 Å². The number of aromatic nitrogens is 4. The Morgan fingerprint density at radius 3 is 2.82 bits per heavy atom. The van der Waals surface area contributed by atoms with Gasteiger partial charge in [-0.25, -0.2) is 9.78 Å². The number of para-hydroxylation sites is 1. The molecule has 0 saturated heterocycles. The average Bonchev–Trinajstić information content (AvgIpc) is 3.33. The van der Waals surface area contributed by atoms with E-state index in [-0.39, 0.29) is 11.5 Å². The maximum Gasteiger partial charge on any atom is 0.332 e. The summed E-state index contributed by atoms with van der Waals surface area (Å²) in [5.41, 5.74) is 0.763. The summed E-state index contributed by atoms with van der Waals surface area (Å²) in [6.45, 7) is 5.24. The molecular formula is C23H29N5O5. The first-order valence-corrected chi connectivity index (χ1v) is 11.0. The fraction of sp³-hybridized carbons (Fsp3) is 0.478. The Hall–Kier alpha value is -3.56. The molecule has 0 bridgehead atoms. The molecule has 0 unspecified atom stereocenters. The number of carbonyl (C=O) groups is 1. The number of benzene rings is 1. The fourth-order valence-corrected chi connectivity index (χ4v) is 4.12. The van der Waals surface area contributed by atoms with E-state index in [0.29, 0.717) is 49.5 Å². The monoisotopic (exact) mass is 455 g/mol. The van der Waals surface area contributed by atoms with Gasteiger partial charge in [-0.1, -0.05) is 12.1 Å². The molecular weight excluding hydrogens is 426 g/mol. The normalized spacial score (nSPS) is 14.2. The highest BCUT2D eigenvalue weighted by Crippen LogP contribution is 2.41. The van der Waals surface area contributed by atoms with E-state index in [4.69, 9.17) is 9.47 Å². The third kappa shape index (κ3) is 4.50. The van der Waals surface area contributed by atoms with Crippen LogP contribution >= 0.6 is 0 Å². The number of fused-ring (bicyclic) bond motifs is 2. The Morgan fingerprint density at radius 2 is 2.03 bits per heavy atom. The summed E-state index contributed by atoms with van der Waals surface area (Å²) < 4.78 is 15.9. The van der Waals surface area contributed by atoms with Crippen LogP contribution < -0.4 is 26.0 Å². The van der Waals surface area contributed by atoms with Crippen molar-refractivity contribution in [3.63, 3.8) is 0 Å². The third-order valence-corrected chi connectivity index (χ3v) is 5.76. The molecule has 1 aromatic carbocycles. The van der Waals surface area contributed by atoms with Crippen molar-refractivity contribution in [2.24, 2.45) is 14.1 Å². The van der Waals surface area contributed by atoms with Crippen molar-refractivity contribution >= 4 is 17.1 Å². The molecule has 1 aliphatic heterocycles. The standard InChI is InChI=1S/C23H29N5O5/c1-23(2)13-15-7-5-8-16(19(15)33-23)32-12-10-24-17(29)9-6-11-28-14-25-20-18(28)21(30)27(4)22(31)26(20)3/h5,7-8,14H,6,9-13H2,1-4H3,(H,24,29). The summed E-state index contributed by atoms with van der Waals surface area (Å²) in [5.74, 6) is 1.37. The second-order valence-corrected chi connectivity index (χ2v) is 8.90. The van der Waals surface area contributed by atoms with E-state index in [9.17, 15) is 14.4 Å². The Balaban J connectivity index is 1.25. The van der Waals surface area contributed by atoms with Gasteiger partial charge >= 0.3 is 5.69 Å². The molecule has 4 rings (SSSR count). The Labute approximate surface area is 190 Å². The first kappa shape index (κ1) is 22.6. The predicted octanol–water partition coefficient (Wildman–Crippen LogP) is 1.12. The first-order valence-electron chi connectivity index (χ1n) is 11.0. The summed E-state index contributed by atoms with van der Waals surface area (Å²) in [6, 6.07) is 5.86. The van der Waals surface area contributed by atoms with Gasteiger partial charge in [-0.3, -0.25) is 18.7 Å². The second kappa shape index (κ2) is 8.76. The van der Waals surface area contributed by atoms with Crippen LogP contribution in [0.5, 0.6) is 11.5 Å². The van der Waals surface area contributed by atoms with Gasteiger partial charge < -0.3 is 19.4 Å². The molecule has 0 fully saturated rings. The van der Waals surface area contributed by atoms with E-state index in [2.05, 4.69) is 10.3 Å². The minimum atomic E-state index is -0.421. The van der Waals surface area contributed by atoms with E-state index < -0.39 is 11.2 Å². The number of hydrogen-bond acceptors (Lipinski definition) is 6. The summed E-state index contributed by atoms with van der Waals surface area (Å²) in [4.78, 5) is 40.9. The van der Waals surface area contributed by atoms with Crippen molar-refractivity contribution in [3.8, 4) is 11.5 Å². The number of hydrogen-bond donors (Lipinski definition) is 1. The SMILES string of the molecule is Cn1c(=O)c2c(ncn2CCCC(=O)NCCOc2cccc3c2OC(C)(C)C3)n(C)c1=O. The minimum Gasteiger partial charge on any atom is -0.488 e. The number of aryl methyl sites for hydroxylation is 2. The summed E-state index contributed by atoms with van der Waals surface area (Å²) in [5, 5.41) is 2.85. The highest BCUT2D eigenvalue weighted by Gasteiger charge is 2.32. The van der Waals surface area contributed by atoms with Gasteiger partial charge in [-0.15, -0.1) is 0 Å². The van der Waals surface area contributed by atoms with Crippen LogP contribution in [0, 0.1) is 0 Å². The summed E-state index contributed by atoms with van der Waals surface area (Å²) in [7, 11) is 3.02. The van der Waals surface area contributed by atoms with Crippen LogP contribution in [0.2, 0.25) is 0 Å². The number of nitrogens with one attached hydrogen (secondary N) is 1. The number of amides is 1. The Bertz CT molecular complexity index is 1320. The van der Waals surface area contributed by atoms with E-state index in [0.717, 1.165) is 22.3 Å². The van der Waals surface area contributed by atoms with Gasteiger partial charge in [0.15, 0.2) is 22.7 Å². The largest absolute Gasteiger partial charge is 0.488 e. The lowest BCUT2D eigenvalue weighted by atomic mass is 10.0. The van der Waals surface area contributed by atoms with Crippen LogP contribution in [0.3, 0.4) is 0 Å². The zero-order valence-corrected chi connectivity index (χ0v) is 19.4. The number of rotatable bonds is 8. The summed E-state index contributed by atoms with van der Waals surface area (Å²) in [6.07, 6.45) is 3.19. The smallest absolute Gasteiger partial charge is 0.332 e. The highest BCUT2D eigenvalue weighted by atomic mass is 16.5. The van der Waals surface area contributed by atoms with Crippen molar-refractivity contribution in [1.29, 1.82) is 0 Å². The molecule has 1 N–H and O–H groups in total. The summed E-state index contributed by atoms with van der Waals surface area (Å²) >= 11 is 0. The Kier molecular flexibility index (Phi) is 6.01. The molecule has 0 radical (unpaired) electrons.